The van der Waals surface area contributed by atoms with Gasteiger partial charge < -0.3 is 9.50 Å². The summed E-state index contributed by atoms with van der Waals surface area (Å²) < 4.78 is 26.5. The minimum atomic E-state index is -3.42. The van der Waals surface area contributed by atoms with Crippen molar-refractivity contribution in [2.75, 3.05) is 6.26 Å². The van der Waals surface area contributed by atoms with Gasteiger partial charge in [-0.2, -0.15) is 8.42 Å². The number of hydrogen-bond acceptors (Lipinski definition) is 4. The van der Waals surface area contributed by atoms with Gasteiger partial charge in [0.2, 0.25) is 0 Å². The Morgan fingerprint density at radius 3 is 2.44 bits per heavy atom. The Morgan fingerprint density at radius 2 is 1.94 bits per heavy atom. The third-order valence-corrected chi connectivity index (χ3v) is 2.84. The third kappa shape index (κ3) is 3.83. The van der Waals surface area contributed by atoms with Gasteiger partial charge in [-0.15, -0.1) is 0 Å². The lowest BCUT2D eigenvalue weighted by molar-refractivity contribution is 0.493. The SMILES string of the molecule is CS(=O)(=O)Oc1ccc(CNC2CC2)cc1. The van der Waals surface area contributed by atoms with Crippen molar-refractivity contribution in [3.63, 3.8) is 0 Å². The summed E-state index contributed by atoms with van der Waals surface area (Å²) in [7, 11) is -3.42. The first-order valence-electron chi connectivity index (χ1n) is 5.25. The molecule has 0 amide bonds. The second-order valence-electron chi connectivity index (χ2n) is 4.09. The molecular weight excluding hydrogens is 226 g/mol. The Balaban J connectivity index is 1.92. The predicted octanol–water partition coefficient (Wildman–Crippen LogP) is 1.28. The highest BCUT2D eigenvalue weighted by molar-refractivity contribution is 7.86. The number of hydrogen-bond donors (Lipinski definition) is 1. The molecule has 0 aliphatic heterocycles. The van der Waals surface area contributed by atoms with Crippen LogP contribution in [0.3, 0.4) is 0 Å². The van der Waals surface area contributed by atoms with E-state index in [2.05, 4.69) is 5.32 Å². The van der Waals surface area contributed by atoms with E-state index < -0.39 is 10.1 Å². The summed E-state index contributed by atoms with van der Waals surface area (Å²) in [6.07, 6.45) is 3.56. The van der Waals surface area contributed by atoms with Gasteiger partial charge in [0.15, 0.2) is 0 Å². The molecule has 0 saturated heterocycles. The molecule has 0 aromatic heterocycles. The van der Waals surface area contributed by atoms with E-state index in [9.17, 15) is 8.42 Å². The molecule has 5 heteroatoms. The molecule has 16 heavy (non-hydrogen) atoms. The molecule has 0 heterocycles. The lowest BCUT2D eigenvalue weighted by atomic mass is 10.2. The summed E-state index contributed by atoms with van der Waals surface area (Å²) >= 11 is 0. The van der Waals surface area contributed by atoms with Gasteiger partial charge >= 0.3 is 10.1 Å². The maximum Gasteiger partial charge on any atom is 0.306 e. The van der Waals surface area contributed by atoms with E-state index in [1.807, 2.05) is 12.1 Å². The Hall–Kier alpha value is -1.07. The van der Waals surface area contributed by atoms with Crippen LogP contribution in [0.4, 0.5) is 0 Å². The van der Waals surface area contributed by atoms with E-state index in [1.54, 1.807) is 12.1 Å². The average Bonchev–Trinajstić information content (AvgIpc) is 2.98. The Morgan fingerprint density at radius 1 is 1.31 bits per heavy atom. The molecule has 1 fully saturated rings. The second kappa shape index (κ2) is 4.43. The number of nitrogens with one attached hydrogen (secondary N) is 1. The highest BCUT2D eigenvalue weighted by Crippen LogP contribution is 2.20. The van der Waals surface area contributed by atoms with Gasteiger partial charge in [-0.25, -0.2) is 0 Å². The van der Waals surface area contributed by atoms with E-state index >= 15 is 0 Å². The molecule has 88 valence electrons. The molecule has 0 spiro atoms. The minimum absolute atomic E-state index is 0.359. The molecule has 0 bridgehead atoms. The van der Waals surface area contributed by atoms with Crippen LogP contribution in [0.25, 0.3) is 0 Å². The normalized spacial score (nSPS) is 16.1. The molecular formula is C11H15NO3S. The van der Waals surface area contributed by atoms with Crippen LogP contribution >= 0.6 is 0 Å². The lowest BCUT2D eigenvalue weighted by Crippen LogP contribution is -2.15. The topological polar surface area (TPSA) is 55.4 Å². The fraction of sp³-hybridized carbons (Fsp3) is 0.455. The average molecular weight is 241 g/mol. The number of benzene rings is 1. The van der Waals surface area contributed by atoms with Crippen molar-refractivity contribution in [2.45, 2.75) is 25.4 Å². The smallest absolute Gasteiger partial charge is 0.306 e. The predicted molar refractivity (Wildman–Crippen MR) is 61.8 cm³/mol. The van der Waals surface area contributed by atoms with E-state index in [0.29, 0.717) is 11.8 Å². The molecule has 1 aliphatic carbocycles. The van der Waals surface area contributed by atoms with Crippen LogP contribution in [0.2, 0.25) is 0 Å². The van der Waals surface area contributed by atoms with Crippen molar-refractivity contribution in [3.8, 4) is 5.75 Å². The summed E-state index contributed by atoms with van der Waals surface area (Å²) in [6, 6.07) is 7.76. The Kier molecular flexibility index (Phi) is 3.16. The van der Waals surface area contributed by atoms with Crippen molar-refractivity contribution in [1.82, 2.24) is 5.32 Å². The fourth-order valence-electron chi connectivity index (χ4n) is 1.39. The molecule has 1 aromatic rings. The van der Waals surface area contributed by atoms with Gasteiger partial charge in [0.25, 0.3) is 0 Å². The fourth-order valence-corrected chi connectivity index (χ4v) is 1.85. The molecule has 1 N–H and O–H groups in total. The highest BCUT2D eigenvalue weighted by atomic mass is 32.2. The Bertz CT molecular complexity index is 449. The molecule has 0 radical (unpaired) electrons. The molecule has 0 atom stereocenters. The van der Waals surface area contributed by atoms with Crippen LogP contribution < -0.4 is 9.50 Å². The standard InChI is InChI=1S/C11H15NO3S/c1-16(13,14)15-11-6-2-9(3-7-11)8-12-10-4-5-10/h2-3,6-7,10,12H,4-5,8H2,1H3. The van der Waals surface area contributed by atoms with Gasteiger partial charge in [0, 0.05) is 12.6 Å². The van der Waals surface area contributed by atoms with Crippen molar-refractivity contribution in [2.24, 2.45) is 0 Å². The third-order valence-electron chi connectivity index (χ3n) is 2.34. The van der Waals surface area contributed by atoms with Gasteiger partial charge in [-0.3, -0.25) is 0 Å². The summed E-state index contributed by atoms with van der Waals surface area (Å²) in [4.78, 5) is 0. The minimum Gasteiger partial charge on any atom is -0.383 e. The maximum absolute atomic E-state index is 10.9. The van der Waals surface area contributed by atoms with Gasteiger partial charge in [-0.05, 0) is 30.5 Å². The molecule has 1 aromatic carbocycles. The summed E-state index contributed by atoms with van der Waals surface area (Å²) in [5.41, 5.74) is 1.13. The van der Waals surface area contributed by atoms with Crippen molar-refractivity contribution in [3.05, 3.63) is 29.8 Å². The van der Waals surface area contributed by atoms with Gasteiger partial charge in [0.05, 0.1) is 6.26 Å². The second-order valence-corrected chi connectivity index (χ2v) is 5.66. The summed E-state index contributed by atoms with van der Waals surface area (Å²) in [5, 5.41) is 3.38. The lowest BCUT2D eigenvalue weighted by Gasteiger charge is -2.05. The molecule has 2 rings (SSSR count). The van der Waals surface area contributed by atoms with E-state index in [1.165, 1.54) is 12.8 Å². The van der Waals surface area contributed by atoms with Crippen molar-refractivity contribution >= 4 is 10.1 Å². The van der Waals surface area contributed by atoms with Crippen LogP contribution in [0.1, 0.15) is 18.4 Å². The van der Waals surface area contributed by atoms with Crippen LogP contribution in [0.5, 0.6) is 5.75 Å². The Labute approximate surface area is 95.7 Å². The van der Waals surface area contributed by atoms with Gasteiger partial charge in [0.1, 0.15) is 5.75 Å². The molecule has 0 unspecified atom stereocenters. The monoisotopic (exact) mass is 241 g/mol. The molecule has 4 nitrogen and oxygen atoms in total. The quantitative estimate of drug-likeness (QED) is 0.789. The first-order chi connectivity index (χ1) is 7.53. The van der Waals surface area contributed by atoms with Crippen molar-refractivity contribution < 1.29 is 12.6 Å². The highest BCUT2D eigenvalue weighted by Gasteiger charge is 2.19. The zero-order valence-electron chi connectivity index (χ0n) is 9.14. The van der Waals surface area contributed by atoms with Crippen LogP contribution in [-0.2, 0) is 16.7 Å². The van der Waals surface area contributed by atoms with E-state index in [0.717, 1.165) is 18.4 Å². The summed E-state index contributed by atoms with van der Waals surface area (Å²) in [6.45, 7) is 0.823. The number of rotatable bonds is 5. The van der Waals surface area contributed by atoms with Crippen LogP contribution in [0, 0.1) is 0 Å². The zero-order chi connectivity index (χ0) is 11.6. The molecule has 1 aliphatic rings. The first-order valence-corrected chi connectivity index (χ1v) is 7.06. The largest absolute Gasteiger partial charge is 0.383 e. The molecule has 1 saturated carbocycles. The van der Waals surface area contributed by atoms with Crippen molar-refractivity contribution in [1.29, 1.82) is 0 Å². The van der Waals surface area contributed by atoms with Gasteiger partial charge in [-0.1, -0.05) is 12.1 Å². The van der Waals surface area contributed by atoms with E-state index in [4.69, 9.17) is 4.18 Å². The summed E-state index contributed by atoms with van der Waals surface area (Å²) in [5.74, 6) is 0.359. The van der Waals surface area contributed by atoms with E-state index in [-0.39, 0.29) is 0 Å². The zero-order valence-corrected chi connectivity index (χ0v) is 9.96. The van der Waals surface area contributed by atoms with Crippen LogP contribution in [0.15, 0.2) is 24.3 Å². The first kappa shape index (κ1) is 11.4. The van der Waals surface area contributed by atoms with Crippen LogP contribution in [-0.4, -0.2) is 20.7 Å². The maximum atomic E-state index is 10.9.